The summed E-state index contributed by atoms with van der Waals surface area (Å²) in [7, 11) is 0. The van der Waals surface area contributed by atoms with Crippen LogP contribution in [-0.4, -0.2) is 64.3 Å². The number of likely N-dealkylation sites (tertiary alicyclic amines) is 1. The molecule has 4 aromatic rings. The van der Waals surface area contributed by atoms with Gasteiger partial charge >= 0.3 is 0 Å². The Morgan fingerprint density at radius 2 is 2.14 bits per heavy atom. The number of benzene rings is 1. The van der Waals surface area contributed by atoms with Gasteiger partial charge in [0.15, 0.2) is 11.3 Å². The van der Waals surface area contributed by atoms with Gasteiger partial charge in [0.05, 0.1) is 18.0 Å². The van der Waals surface area contributed by atoms with Gasteiger partial charge in [0, 0.05) is 18.8 Å². The Hall–Kier alpha value is -4.61. The van der Waals surface area contributed by atoms with Crippen LogP contribution in [0.25, 0.3) is 11.0 Å². The van der Waals surface area contributed by atoms with Crippen LogP contribution in [0.1, 0.15) is 40.5 Å². The summed E-state index contributed by atoms with van der Waals surface area (Å²) in [6.07, 6.45) is 7.39. The van der Waals surface area contributed by atoms with Crippen molar-refractivity contribution in [3.63, 3.8) is 0 Å². The molecule has 2 amide bonds. The average molecular weight is 487 g/mol. The molecule has 5 rings (SSSR count). The van der Waals surface area contributed by atoms with E-state index in [1.807, 2.05) is 25.1 Å². The second kappa shape index (κ2) is 9.56. The molecular weight excluding hydrogens is 460 g/mol. The van der Waals surface area contributed by atoms with Gasteiger partial charge in [0.25, 0.3) is 5.91 Å². The highest BCUT2D eigenvalue weighted by Crippen LogP contribution is 2.29. The van der Waals surface area contributed by atoms with Crippen molar-refractivity contribution in [3.05, 3.63) is 66.7 Å². The summed E-state index contributed by atoms with van der Waals surface area (Å²) in [4.78, 5) is 39.7. The van der Waals surface area contributed by atoms with E-state index in [2.05, 4.69) is 37.0 Å². The van der Waals surface area contributed by atoms with Crippen molar-refractivity contribution in [1.29, 1.82) is 0 Å². The fourth-order valence-electron chi connectivity index (χ4n) is 4.52. The van der Waals surface area contributed by atoms with Crippen LogP contribution in [0.2, 0.25) is 0 Å². The number of nitrogens with one attached hydrogen (secondary N) is 1. The Balaban J connectivity index is 1.43. The molecule has 36 heavy (non-hydrogen) atoms. The number of hydrogen-bond donors (Lipinski definition) is 2. The molecule has 3 N–H and O–H groups in total. The zero-order chi connectivity index (χ0) is 25.2. The molecule has 12 heteroatoms. The third kappa shape index (κ3) is 4.40. The van der Waals surface area contributed by atoms with Gasteiger partial charge in [0.2, 0.25) is 5.91 Å². The molecule has 0 spiro atoms. The number of aryl methyl sites for hydroxylation is 1. The van der Waals surface area contributed by atoms with E-state index in [9.17, 15) is 9.59 Å². The molecule has 4 heterocycles. The van der Waals surface area contributed by atoms with Crippen LogP contribution in [-0.2, 0) is 11.3 Å². The number of amides is 2. The molecule has 184 valence electrons. The molecule has 0 bridgehead atoms. The quantitative estimate of drug-likeness (QED) is 0.393. The predicted molar refractivity (Wildman–Crippen MR) is 133 cm³/mol. The zero-order valence-electron chi connectivity index (χ0n) is 19.8. The van der Waals surface area contributed by atoms with Crippen molar-refractivity contribution in [2.75, 3.05) is 24.1 Å². The Morgan fingerprint density at radius 3 is 2.89 bits per heavy atom. The maximum Gasteiger partial charge on any atom is 0.277 e. The highest BCUT2D eigenvalue weighted by atomic mass is 16.2. The largest absolute Gasteiger partial charge is 0.383 e. The number of aromatic nitrogens is 7. The fraction of sp³-hybridized carbons (Fsp3) is 0.292. The maximum absolute atomic E-state index is 13.3. The van der Waals surface area contributed by atoms with E-state index in [0.29, 0.717) is 36.4 Å². The molecule has 1 fully saturated rings. The predicted octanol–water partition coefficient (Wildman–Crippen LogP) is 1.96. The standard InChI is InChI=1S/C24H26N10O2/c1-3-19(35)32-8-4-5-18(11-32)34-23-20(22(25)27-13-28-23)21(31-34)24(36)30-17-7-6-16(15(2)9-17)10-33-14-26-12-29-33/h3,6-7,9,12-14,18H,1,4-5,8,10-11H2,2H3,(H,30,36)(H2,25,27,28)/t18-/m1/s1. The molecule has 12 nitrogen and oxygen atoms in total. The average Bonchev–Trinajstić information content (AvgIpc) is 3.54. The topological polar surface area (TPSA) is 150 Å². The number of nitrogens with zero attached hydrogens (tertiary/aromatic N) is 8. The van der Waals surface area contributed by atoms with Gasteiger partial charge in [-0.2, -0.15) is 10.2 Å². The van der Waals surface area contributed by atoms with Gasteiger partial charge < -0.3 is 16.0 Å². The highest BCUT2D eigenvalue weighted by Gasteiger charge is 2.29. The van der Waals surface area contributed by atoms with Gasteiger partial charge in [-0.3, -0.25) is 9.59 Å². The Kier molecular flexibility index (Phi) is 6.15. The van der Waals surface area contributed by atoms with Gasteiger partial charge in [-0.05, 0) is 49.1 Å². The van der Waals surface area contributed by atoms with E-state index >= 15 is 0 Å². The van der Waals surface area contributed by atoms with Gasteiger partial charge in [-0.1, -0.05) is 12.6 Å². The molecule has 0 unspecified atom stereocenters. The Labute approximate surface area is 206 Å². The SMILES string of the molecule is C=CC(=O)N1CCC[C@@H](n2nc(C(=O)Nc3ccc(Cn4cncn4)c(C)c3)c3c(N)ncnc32)C1. The van der Waals surface area contributed by atoms with Gasteiger partial charge in [0.1, 0.15) is 24.8 Å². The lowest BCUT2D eigenvalue weighted by molar-refractivity contribution is -0.127. The minimum atomic E-state index is -0.418. The van der Waals surface area contributed by atoms with Crippen LogP contribution in [0.3, 0.4) is 0 Å². The zero-order valence-corrected chi connectivity index (χ0v) is 19.8. The first kappa shape index (κ1) is 23.1. The van der Waals surface area contributed by atoms with Crippen molar-refractivity contribution >= 4 is 34.4 Å². The second-order valence-corrected chi connectivity index (χ2v) is 8.72. The van der Waals surface area contributed by atoms with Crippen LogP contribution in [0.15, 0.2) is 49.8 Å². The number of fused-ring (bicyclic) bond motifs is 1. The molecule has 1 atom stereocenters. The number of nitrogen functional groups attached to an aromatic ring is 1. The number of rotatable bonds is 6. The van der Waals surface area contributed by atoms with E-state index in [1.165, 1.54) is 18.7 Å². The monoisotopic (exact) mass is 486 g/mol. The molecule has 3 aromatic heterocycles. The van der Waals surface area contributed by atoms with Crippen LogP contribution in [0, 0.1) is 6.92 Å². The summed E-state index contributed by atoms with van der Waals surface area (Å²) in [5.41, 5.74) is 9.44. The van der Waals surface area contributed by atoms with Crippen molar-refractivity contribution < 1.29 is 9.59 Å². The number of anilines is 2. The molecular formula is C24H26N10O2. The third-order valence-electron chi connectivity index (χ3n) is 6.36. The number of hydrogen-bond acceptors (Lipinski definition) is 8. The highest BCUT2D eigenvalue weighted by molar-refractivity contribution is 6.13. The molecule has 1 aliphatic heterocycles. The number of carbonyl (C=O) groups is 2. The number of nitrogens with two attached hydrogens (primary N) is 1. The lowest BCUT2D eigenvalue weighted by Gasteiger charge is -2.32. The summed E-state index contributed by atoms with van der Waals surface area (Å²) in [6, 6.07) is 5.51. The number of piperidine rings is 1. The molecule has 1 aliphatic rings. The first-order chi connectivity index (χ1) is 17.4. The van der Waals surface area contributed by atoms with Crippen LogP contribution < -0.4 is 11.1 Å². The number of carbonyl (C=O) groups excluding carboxylic acids is 2. The summed E-state index contributed by atoms with van der Waals surface area (Å²) in [5.74, 6) is -0.380. The van der Waals surface area contributed by atoms with Crippen LogP contribution in [0.5, 0.6) is 0 Å². The van der Waals surface area contributed by atoms with Crippen molar-refractivity contribution in [3.8, 4) is 0 Å². The summed E-state index contributed by atoms with van der Waals surface area (Å²) in [6.45, 7) is 7.22. The van der Waals surface area contributed by atoms with Crippen molar-refractivity contribution in [2.45, 2.75) is 32.4 Å². The molecule has 0 radical (unpaired) electrons. The Bertz CT molecular complexity index is 1440. The van der Waals surface area contributed by atoms with Crippen LogP contribution in [0.4, 0.5) is 11.5 Å². The molecule has 1 aromatic carbocycles. The van der Waals surface area contributed by atoms with E-state index in [-0.39, 0.29) is 23.5 Å². The third-order valence-corrected chi connectivity index (χ3v) is 6.36. The molecule has 0 saturated carbocycles. The summed E-state index contributed by atoms with van der Waals surface area (Å²) < 4.78 is 3.43. The lowest BCUT2D eigenvalue weighted by Crippen LogP contribution is -2.40. The molecule has 1 saturated heterocycles. The van der Waals surface area contributed by atoms with E-state index in [1.54, 1.807) is 20.6 Å². The van der Waals surface area contributed by atoms with Crippen molar-refractivity contribution in [1.82, 2.24) is 39.4 Å². The molecule has 0 aliphatic carbocycles. The van der Waals surface area contributed by atoms with Gasteiger partial charge in [-0.15, -0.1) is 0 Å². The summed E-state index contributed by atoms with van der Waals surface area (Å²) in [5, 5.41) is 12.1. The van der Waals surface area contributed by atoms with Crippen LogP contribution >= 0.6 is 0 Å². The minimum Gasteiger partial charge on any atom is -0.383 e. The lowest BCUT2D eigenvalue weighted by atomic mass is 10.1. The second-order valence-electron chi connectivity index (χ2n) is 8.72. The normalized spacial score (nSPS) is 15.7. The minimum absolute atomic E-state index is 0.133. The first-order valence-corrected chi connectivity index (χ1v) is 11.6. The smallest absolute Gasteiger partial charge is 0.277 e. The van der Waals surface area contributed by atoms with E-state index in [0.717, 1.165) is 24.0 Å². The fourth-order valence-corrected chi connectivity index (χ4v) is 4.52. The first-order valence-electron chi connectivity index (χ1n) is 11.6. The Morgan fingerprint density at radius 1 is 1.28 bits per heavy atom. The maximum atomic E-state index is 13.3. The van der Waals surface area contributed by atoms with E-state index in [4.69, 9.17) is 5.73 Å². The summed E-state index contributed by atoms with van der Waals surface area (Å²) >= 11 is 0. The van der Waals surface area contributed by atoms with Crippen molar-refractivity contribution in [2.24, 2.45) is 0 Å². The van der Waals surface area contributed by atoms with Gasteiger partial charge in [-0.25, -0.2) is 24.3 Å². The van der Waals surface area contributed by atoms with E-state index < -0.39 is 5.91 Å².